The zero-order chi connectivity index (χ0) is 8.93. The van der Waals surface area contributed by atoms with Crippen LogP contribution in [0, 0.1) is 0 Å². The van der Waals surface area contributed by atoms with E-state index in [1.54, 1.807) is 0 Å². The second kappa shape index (κ2) is 5.09. The van der Waals surface area contributed by atoms with Gasteiger partial charge in [0.25, 0.3) is 0 Å². The Balaban J connectivity index is 1.75. The molecule has 74 valence electrons. The van der Waals surface area contributed by atoms with Crippen molar-refractivity contribution in [3.63, 3.8) is 0 Å². The van der Waals surface area contributed by atoms with E-state index in [2.05, 4.69) is 23.9 Å². The Morgan fingerprint density at radius 2 is 1.77 bits per heavy atom. The van der Waals surface area contributed by atoms with Gasteiger partial charge in [0.15, 0.2) is 0 Å². The van der Waals surface area contributed by atoms with Gasteiger partial charge in [-0.05, 0) is 32.1 Å². The summed E-state index contributed by atoms with van der Waals surface area (Å²) in [6.07, 6.45) is 16.4. The fourth-order valence-electron chi connectivity index (χ4n) is 2.34. The van der Waals surface area contributed by atoms with E-state index in [0.29, 0.717) is 0 Å². The molecular formula is C12H20S. The van der Waals surface area contributed by atoms with E-state index in [9.17, 15) is 0 Å². The van der Waals surface area contributed by atoms with Gasteiger partial charge >= 0.3 is 0 Å². The second-order valence-electron chi connectivity index (χ2n) is 4.29. The van der Waals surface area contributed by atoms with Crippen LogP contribution < -0.4 is 0 Å². The molecule has 13 heavy (non-hydrogen) atoms. The molecule has 0 aromatic heterocycles. The van der Waals surface area contributed by atoms with Crippen molar-refractivity contribution in [1.29, 1.82) is 0 Å². The van der Waals surface area contributed by atoms with Crippen LogP contribution in [0.5, 0.6) is 0 Å². The summed E-state index contributed by atoms with van der Waals surface area (Å²) < 4.78 is 0. The zero-order valence-electron chi connectivity index (χ0n) is 8.37. The van der Waals surface area contributed by atoms with Gasteiger partial charge in [-0.3, -0.25) is 0 Å². The van der Waals surface area contributed by atoms with Crippen molar-refractivity contribution in [3.8, 4) is 0 Å². The van der Waals surface area contributed by atoms with Crippen LogP contribution in [0.2, 0.25) is 0 Å². The average molecular weight is 196 g/mol. The van der Waals surface area contributed by atoms with Gasteiger partial charge in [-0.1, -0.05) is 31.4 Å². The molecule has 0 aliphatic heterocycles. The van der Waals surface area contributed by atoms with Crippen LogP contribution in [0.3, 0.4) is 0 Å². The quantitative estimate of drug-likeness (QED) is 0.598. The lowest BCUT2D eigenvalue weighted by molar-refractivity contribution is 0.514. The van der Waals surface area contributed by atoms with Crippen molar-refractivity contribution in [3.05, 3.63) is 12.2 Å². The number of allylic oxidation sites excluding steroid dienone is 1. The van der Waals surface area contributed by atoms with Crippen LogP contribution >= 0.6 is 11.8 Å². The Morgan fingerprint density at radius 1 is 0.923 bits per heavy atom. The van der Waals surface area contributed by atoms with E-state index >= 15 is 0 Å². The lowest BCUT2D eigenvalue weighted by atomic mass is 10.0. The first-order chi connectivity index (χ1) is 6.45. The van der Waals surface area contributed by atoms with E-state index in [1.165, 1.54) is 51.4 Å². The van der Waals surface area contributed by atoms with Crippen molar-refractivity contribution < 1.29 is 0 Å². The van der Waals surface area contributed by atoms with Crippen LogP contribution in [-0.4, -0.2) is 10.5 Å². The van der Waals surface area contributed by atoms with Gasteiger partial charge in [-0.2, -0.15) is 11.8 Å². The summed E-state index contributed by atoms with van der Waals surface area (Å²) in [6.45, 7) is 0. The molecule has 0 heterocycles. The van der Waals surface area contributed by atoms with Gasteiger partial charge in [-0.15, -0.1) is 0 Å². The monoisotopic (exact) mass is 196 g/mol. The summed E-state index contributed by atoms with van der Waals surface area (Å²) in [5.41, 5.74) is 0. The van der Waals surface area contributed by atoms with E-state index in [4.69, 9.17) is 0 Å². The minimum absolute atomic E-state index is 0.858. The fraction of sp³-hybridized carbons (Fsp3) is 0.833. The number of thioether (sulfide) groups is 1. The maximum absolute atomic E-state index is 2.45. The highest BCUT2D eigenvalue weighted by molar-refractivity contribution is 8.00. The van der Waals surface area contributed by atoms with Gasteiger partial charge in [0.2, 0.25) is 0 Å². The molecule has 1 atom stereocenters. The third kappa shape index (κ3) is 3.05. The van der Waals surface area contributed by atoms with Gasteiger partial charge in [0, 0.05) is 10.5 Å². The third-order valence-corrected chi connectivity index (χ3v) is 4.73. The lowest BCUT2D eigenvalue weighted by Gasteiger charge is -2.25. The maximum Gasteiger partial charge on any atom is 0.0229 e. The zero-order valence-corrected chi connectivity index (χ0v) is 9.19. The molecule has 0 spiro atoms. The fourth-order valence-corrected chi connectivity index (χ4v) is 3.95. The Kier molecular flexibility index (Phi) is 3.77. The van der Waals surface area contributed by atoms with Crippen LogP contribution in [-0.2, 0) is 0 Å². The molecule has 0 aromatic carbocycles. The molecule has 0 radical (unpaired) electrons. The Labute approximate surface area is 86.2 Å². The molecule has 0 bridgehead atoms. The van der Waals surface area contributed by atoms with Gasteiger partial charge < -0.3 is 0 Å². The first-order valence-electron chi connectivity index (χ1n) is 5.77. The molecule has 0 aromatic rings. The first kappa shape index (κ1) is 9.64. The summed E-state index contributed by atoms with van der Waals surface area (Å²) in [4.78, 5) is 0. The smallest absolute Gasteiger partial charge is 0.0229 e. The predicted molar refractivity (Wildman–Crippen MR) is 61.2 cm³/mol. The van der Waals surface area contributed by atoms with Crippen molar-refractivity contribution in [2.75, 3.05) is 0 Å². The molecule has 0 amide bonds. The van der Waals surface area contributed by atoms with Crippen LogP contribution in [0.1, 0.15) is 51.4 Å². The normalized spacial score (nSPS) is 30.6. The molecule has 1 heteroatoms. The minimum atomic E-state index is 0.858. The van der Waals surface area contributed by atoms with Gasteiger partial charge in [0.1, 0.15) is 0 Å². The van der Waals surface area contributed by atoms with Crippen LogP contribution in [0.4, 0.5) is 0 Å². The number of rotatable bonds is 2. The minimum Gasteiger partial charge on any atom is -0.151 e. The molecule has 1 fully saturated rings. The second-order valence-corrected chi connectivity index (χ2v) is 5.84. The Morgan fingerprint density at radius 3 is 2.46 bits per heavy atom. The molecule has 0 nitrogen and oxygen atoms in total. The third-order valence-electron chi connectivity index (χ3n) is 3.13. The van der Waals surface area contributed by atoms with E-state index in [1.807, 2.05) is 0 Å². The first-order valence-corrected chi connectivity index (χ1v) is 6.71. The standard InChI is InChI=1S/C12H20S/c1-3-7-11(8-4-1)13-12-9-5-2-6-10-12/h3,7,11-12H,1-2,4-6,8-10H2. The molecule has 2 aliphatic rings. The van der Waals surface area contributed by atoms with Crippen molar-refractivity contribution >= 4 is 11.8 Å². The topological polar surface area (TPSA) is 0 Å². The largest absolute Gasteiger partial charge is 0.151 e. The van der Waals surface area contributed by atoms with E-state index in [0.717, 1.165) is 10.5 Å². The summed E-state index contributed by atoms with van der Waals surface area (Å²) in [7, 11) is 0. The predicted octanol–water partition coefficient (Wildman–Crippen LogP) is 4.16. The van der Waals surface area contributed by atoms with E-state index < -0.39 is 0 Å². The van der Waals surface area contributed by atoms with Crippen LogP contribution in [0.15, 0.2) is 12.2 Å². The highest BCUT2D eigenvalue weighted by atomic mass is 32.2. The maximum atomic E-state index is 2.45. The molecule has 2 aliphatic carbocycles. The van der Waals surface area contributed by atoms with Gasteiger partial charge in [-0.25, -0.2) is 0 Å². The Hall–Kier alpha value is 0.0900. The molecule has 0 N–H and O–H groups in total. The summed E-state index contributed by atoms with van der Waals surface area (Å²) in [5.74, 6) is 0. The number of hydrogen-bond donors (Lipinski definition) is 0. The lowest BCUT2D eigenvalue weighted by Crippen LogP contribution is -2.14. The van der Waals surface area contributed by atoms with Crippen molar-refractivity contribution in [1.82, 2.24) is 0 Å². The average Bonchev–Trinajstić information content (AvgIpc) is 2.21. The molecule has 2 rings (SSSR count). The molecule has 1 saturated carbocycles. The highest BCUT2D eigenvalue weighted by Gasteiger charge is 2.18. The van der Waals surface area contributed by atoms with Gasteiger partial charge in [0.05, 0.1) is 0 Å². The SMILES string of the molecule is C1=CC(SC2CCCCC2)CCC1. The van der Waals surface area contributed by atoms with Crippen molar-refractivity contribution in [2.45, 2.75) is 61.9 Å². The summed E-state index contributed by atoms with van der Waals surface area (Å²) in [6, 6.07) is 0. The summed E-state index contributed by atoms with van der Waals surface area (Å²) >= 11 is 2.25. The molecule has 1 unspecified atom stereocenters. The number of hydrogen-bond acceptors (Lipinski definition) is 1. The van der Waals surface area contributed by atoms with Crippen LogP contribution in [0.25, 0.3) is 0 Å². The molecular weight excluding hydrogens is 176 g/mol. The summed E-state index contributed by atoms with van der Waals surface area (Å²) in [5, 5.41) is 1.85. The van der Waals surface area contributed by atoms with E-state index in [-0.39, 0.29) is 0 Å². The highest BCUT2D eigenvalue weighted by Crippen LogP contribution is 2.34. The Bertz CT molecular complexity index is 168. The van der Waals surface area contributed by atoms with Crippen molar-refractivity contribution in [2.24, 2.45) is 0 Å². The molecule has 0 saturated heterocycles.